The predicted octanol–water partition coefficient (Wildman–Crippen LogP) is 0.897. The van der Waals surface area contributed by atoms with Crippen LogP contribution in [0.4, 0.5) is 4.39 Å². The molecule has 0 unspecified atom stereocenters. The van der Waals surface area contributed by atoms with Gasteiger partial charge in [0.25, 0.3) is 0 Å². The van der Waals surface area contributed by atoms with Gasteiger partial charge in [-0.15, -0.1) is 0 Å². The normalized spacial score (nSPS) is 11.4. The van der Waals surface area contributed by atoms with Gasteiger partial charge in [-0.25, -0.2) is 12.8 Å². The second-order valence-corrected chi connectivity index (χ2v) is 5.66. The molecule has 0 saturated carbocycles. The summed E-state index contributed by atoms with van der Waals surface area (Å²) in [6.07, 6.45) is 0.903. The minimum atomic E-state index is -3.78. The second-order valence-electron chi connectivity index (χ2n) is 3.71. The quantitative estimate of drug-likeness (QED) is 0.786. The van der Waals surface area contributed by atoms with Crippen LogP contribution in [-0.2, 0) is 21.2 Å². The van der Waals surface area contributed by atoms with Crippen LogP contribution < -0.4 is 15.0 Å². The molecule has 19 heavy (non-hydrogen) atoms. The van der Waals surface area contributed by atoms with Crippen LogP contribution in [0.1, 0.15) is 5.56 Å². The average molecular weight is 293 g/mol. The number of hydrogen-bond donors (Lipinski definition) is 1. The van der Waals surface area contributed by atoms with E-state index in [0.29, 0.717) is 5.56 Å². The van der Waals surface area contributed by atoms with Crippen molar-refractivity contribution < 1.29 is 27.1 Å². The van der Waals surface area contributed by atoms with E-state index >= 15 is 0 Å². The van der Waals surface area contributed by atoms with Crippen LogP contribution >= 0.6 is 0 Å². The van der Waals surface area contributed by atoms with Gasteiger partial charge in [-0.05, 0) is 6.07 Å². The first-order chi connectivity index (χ1) is 8.86. The Bertz CT molecular complexity index is 559. The zero-order valence-corrected chi connectivity index (χ0v) is 11.9. The van der Waals surface area contributed by atoms with Crippen LogP contribution in [0.2, 0.25) is 0 Å². The number of hydrogen-bond acceptors (Lipinski definition) is 6. The fourth-order valence-corrected chi connectivity index (χ4v) is 2.60. The SMILES string of the molecule is CONCc1cc(F)c(S(C)(=O)=O)c(OC)c1OC. The molecule has 0 aliphatic heterocycles. The highest BCUT2D eigenvalue weighted by atomic mass is 32.2. The maximum atomic E-state index is 14.0. The van der Waals surface area contributed by atoms with Gasteiger partial charge in [0.05, 0.1) is 21.3 Å². The molecule has 6 nitrogen and oxygen atoms in total. The van der Waals surface area contributed by atoms with Gasteiger partial charge in [-0.2, -0.15) is 5.48 Å². The van der Waals surface area contributed by atoms with Crippen molar-refractivity contribution in [3.8, 4) is 11.5 Å². The van der Waals surface area contributed by atoms with Crippen LogP contribution in [0.15, 0.2) is 11.0 Å². The first-order valence-electron chi connectivity index (χ1n) is 5.26. The number of sulfone groups is 1. The van der Waals surface area contributed by atoms with Crippen LogP contribution in [-0.4, -0.2) is 36.0 Å². The summed E-state index contributed by atoms with van der Waals surface area (Å²) in [5.41, 5.74) is 2.90. The maximum absolute atomic E-state index is 14.0. The molecule has 0 atom stereocenters. The lowest BCUT2D eigenvalue weighted by Crippen LogP contribution is -2.14. The fourth-order valence-electron chi connectivity index (χ4n) is 1.68. The van der Waals surface area contributed by atoms with Gasteiger partial charge in [0.15, 0.2) is 21.3 Å². The minimum Gasteiger partial charge on any atom is -0.492 e. The molecular weight excluding hydrogens is 277 g/mol. The zero-order valence-electron chi connectivity index (χ0n) is 11.1. The molecule has 0 radical (unpaired) electrons. The topological polar surface area (TPSA) is 73.9 Å². The van der Waals surface area contributed by atoms with Crippen LogP contribution in [0.5, 0.6) is 11.5 Å². The molecule has 0 fully saturated rings. The average Bonchev–Trinajstić information content (AvgIpc) is 2.33. The van der Waals surface area contributed by atoms with E-state index in [-0.39, 0.29) is 18.0 Å². The van der Waals surface area contributed by atoms with Crippen molar-refractivity contribution in [3.05, 3.63) is 17.4 Å². The largest absolute Gasteiger partial charge is 0.492 e. The molecule has 0 saturated heterocycles. The molecular formula is C11H16FNO5S. The van der Waals surface area contributed by atoms with E-state index in [0.717, 1.165) is 12.3 Å². The molecule has 1 aromatic carbocycles. The Morgan fingerprint density at radius 1 is 1.21 bits per heavy atom. The third-order valence-corrected chi connectivity index (χ3v) is 3.53. The lowest BCUT2D eigenvalue weighted by atomic mass is 10.1. The van der Waals surface area contributed by atoms with Gasteiger partial charge >= 0.3 is 0 Å². The molecule has 1 N–H and O–H groups in total. The summed E-state index contributed by atoms with van der Waals surface area (Å²) < 4.78 is 47.3. The molecule has 0 spiro atoms. The van der Waals surface area contributed by atoms with E-state index in [1.807, 2.05) is 0 Å². The summed E-state index contributed by atoms with van der Waals surface area (Å²) in [5.74, 6) is -0.903. The van der Waals surface area contributed by atoms with E-state index in [9.17, 15) is 12.8 Å². The molecule has 1 aromatic rings. The lowest BCUT2D eigenvalue weighted by Gasteiger charge is -2.16. The van der Waals surface area contributed by atoms with Crippen LogP contribution in [0, 0.1) is 5.82 Å². The van der Waals surface area contributed by atoms with Gasteiger partial charge in [0.2, 0.25) is 0 Å². The van der Waals surface area contributed by atoms with E-state index < -0.39 is 20.5 Å². The molecule has 0 aliphatic rings. The Kier molecular flexibility index (Phi) is 5.10. The smallest absolute Gasteiger partial charge is 0.182 e. The van der Waals surface area contributed by atoms with Crippen molar-refractivity contribution in [2.45, 2.75) is 11.4 Å². The monoisotopic (exact) mass is 293 g/mol. The molecule has 0 aromatic heterocycles. The number of methoxy groups -OCH3 is 2. The molecule has 0 amide bonds. The zero-order chi connectivity index (χ0) is 14.6. The van der Waals surface area contributed by atoms with Crippen molar-refractivity contribution in [1.82, 2.24) is 5.48 Å². The van der Waals surface area contributed by atoms with Gasteiger partial charge in [-0.3, -0.25) is 0 Å². The second kappa shape index (κ2) is 6.18. The first kappa shape index (κ1) is 15.7. The summed E-state index contributed by atoms with van der Waals surface area (Å²) >= 11 is 0. The first-order valence-corrected chi connectivity index (χ1v) is 7.15. The molecule has 0 heterocycles. The standard InChI is InChI=1S/C11H16FNO5S/c1-16-9-7(6-13-18-3)5-8(12)11(10(9)17-2)19(4,14)15/h5,13H,6H2,1-4H3. The van der Waals surface area contributed by atoms with Crippen LogP contribution in [0.3, 0.4) is 0 Å². The van der Waals surface area contributed by atoms with Crippen molar-refractivity contribution in [1.29, 1.82) is 0 Å². The van der Waals surface area contributed by atoms with E-state index in [1.165, 1.54) is 21.3 Å². The fraction of sp³-hybridized carbons (Fsp3) is 0.455. The Hall–Kier alpha value is -1.38. The molecule has 1 rings (SSSR count). The van der Waals surface area contributed by atoms with Gasteiger partial charge in [-0.1, -0.05) is 0 Å². The summed E-state index contributed by atoms with van der Waals surface area (Å²) in [7, 11) is 0.225. The van der Waals surface area contributed by atoms with Crippen molar-refractivity contribution in [3.63, 3.8) is 0 Å². The van der Waals surface area contributed by atoms with E-state index in [4.69, 9.17) is 9.47 Å². The third kappa shape index (κ3) is 3.34. The molecule has 108 valence electrons. The number of rotatable bonds is 6. The van der Waals surface area contributed by atoms with Crippen LogP contribution in [0.25, 0.3) is 0 Å². The highest BCUT2D eigenvalue weighted by molar-refractivity contribution is 7.90. The molecule has 0 aliphatic carbocycles. The summed E-state index contributed by atoms with van der Waals surface area (Å²) in [6.45, 7) is 0.136. The number of hydroxylamine groups is 1. The predicted molar refractivity (Wildman–Crippen MR) is 66.5 cm³/mol. The van der Waals surface area contributed by atoms with Gasteiger partial charge < -0.3 is 14.3 Å². The molecule has 0 bridgehead atoms. The number of halogens is 1. The van der Waals surface area contributed by atoms with Crippen molar-refractivity contribution in [2.24, 2.45) is 0 Å². The lowest BCUT2D eigenvalue weighted by molar-refractivity contribution is 0.0859. The van der Waals surface area contributed by atoms with Gasteiger partial charge in [0.1, 0.15) is 10.7 Å². The number of benzene rings is 1. The number of nitrogens with one attached hydrogen (secondary N) is 1. The van der Waals surface area contributed by atoms with Crippen molar-refractivity contribution >= 4 is 9.84 Å². The Morgan fingerprint density at radius 2 is 1.79 bits per heavy atom. The number of ether oxygens (including phenoxy) is 2. The van der Waals surface area contributed by atoms with Crippen molar-refractivity contribution in [2.75, 3.05) is 27.6 Å². The minimum absolute atomic E-state index is 0.136. The summed E-state index contributed by atoms with van der Waals surface area (Å²) in [4.78, 5) is 4.15. The Morgan fingerprint density at radius 3 is 2.21 bits per heavy atom. The Labute approximate surface area is 111 Å². The Balaban J connectivity index is 3.54. The van der Waals surface area contributed by atoms with E-state index in [1.54, 1.807) is 0 Å². The summed E-state index contributed by atoms with van der Waals surface area (Å²) in [5, 5.41) is 0. The maximum Gasteiger partial charge on any atom is 0.182 e. The highest BCUT2D eigenvalue weighted by Gasteiger charge is 2.26. The van der Waals surface area contributed by atoms with Gasteiger partial charge in [0, 0.05) is 18.4 Å². The third-order valence-electron chi connectivity index (χ3n) is 2.41. The molecule has 8 heteroatoms. The van der Waals surface area contributed by atoms with E-state index in [2.05, 4.69) is 10.3 Å². The highest BCUT2D eigenvalue weighted by Crippen LogP contribution is 2.39. The summed E-state index contributed by atoms with van der Waals surface area (Å²) in [6, 6.07) is 1.07.